The molecule has 0 radical (unpaired) electrons. The molecule has 0 aliphatic carbocycles. The maximum atomic E-state index is 13.9. The van der Waals surface area contributed by atoms with Gasteiger partial charge in [-0.3, -0.25) is 19.1 Å². The number of halogens is 5. The highest BCUT2D eigenvalue weighted by atomic mass is 32.1. The first-order chi connectivity index (χ1) is 17.6. The minimum absolute atomic E-state index is 0.0293. The molecule has 38 heavy (non-hydrogen) atoms. The summed E-state index contributed by atoms with van der Waals surface area (Å²) in [6.45, 7) is 1.79. The van der Waals surface area contributed by atoms with E-state index in [0.29, 0.717) is 10.6 Å². The molecule has 10 nitrogen and oxygen atoms in total. The first-order valence-corrected chi connectivity index (χ1v) is 11.8. The molecular weight excluding hydrogens is 537 g/mol. The van der Waals surface area contributed by atoms with Crippen molar-refractivity contribution in [1.82, 2.24) is 28.7 Å². The summed E-state index contributed by atoms with van der Waals surface area (Å²) < 4.78 is 68.6. The molecule has 1 atom stereocenters. The first-order valence-electron chi connectivity index (χ1n) is 10.9. The summed E-state index contributed by atoms with van der Waals surface area (Å²) in [6, 6.07) is 0.115. The average Bonchev–Trinajstić information content (AvgIpc) is 3.46. The number of rotatable bonds is 6. The van der Waals surface area contributed by atoms with E-state index in [2.05, 4.69) is 20.3 Å². The van der Waals surface area contributed by atoms with Gasteiger partial charge in [-0.2, -0.15) is 13.2 Å². The van der Waals surface area contributed by atoms with E-state index >= 15 is 0 Å². The van der Waals surface area contributed by atoms with Crippen LogP contribution in [0.1, 0.15) is 31.1 Å². The Morgan fingerprint density at radius 3 is 2.50 bits per heavy atom. The Kier molecular flexibility index (Phi) is 6.71. The van der Waals surface area contributed by atoms with E-state index in [4.69, 9.17) is 0 Å². The lowest BCUT2D eigenvalue weighted by Gasteiger charge is -2.15. The molecule has 0 aromatic carbocycles. The molecule has 4 aromatic heterocycles. The van der Waals surface area contributed by atoms with Crippen LogP contribution in [0.2, 0.25) is 0 Å². The minimum atomic E-state index is -4.83. The molecule has 0 saturated heterocycles. The van der Waals surface area contributed by atoms with Crippen LogP contribution in [-0.2, 0) is 24.3 Å². The van der Waals surface area contributed by atoms with E-state index in [0.717, 1.165) is 40.8 Å². The van der Waals surface area contributed by atoms with E-state index in [1.54, 1.807) is 0 Å². The first kappa shape index (κ1) is 27.1. The monoisotopic (exact) mass is 557 g/mol. The van der Waals surface area contributed by atoms with Gasteiger partial charge in [-0.05, 0) is 19.9 Å². The normalized spacial score (nSPS) is 13.2. The number of anilines is 1. The van der Waals surface area contributed by atoms with E-state index in [1.165, 1.54) is 31.5 Å². The molecule has 0 bridgehead atoms. The van der Waals surface area contributed by atoms with Gasteiger partial charge in [0.25, 0.3) is 11.5 Å². The zero-order valence-corrected chi connectivity index (χ0v) is 21.1. The average molecular weight is 558 g/mol. The standard InChI is InChI=1S/C22H20F5N7O3S/c1-10-13(21(3,23)24)5-12(6-28-10)18-31-14(7-38-18)30-17(35)11(2)34-9-29-16-15(34)19(36)33(8-22(25,26)27)20(37)32(16)4/h5-7,9,11H,8H2,1-4H3,(H,30,35)/t11-/m0/s1. The van der Waals surface area contributed by atoms with Crippen molar-refractivity contribution in [1.29, 1.82) is 0 Å². The van der Waals surface area contributed by atoms with Crippen LogP contribution in [0.25, 0.3) is 21.7 Å². The number of aryl methyl sites for hydroxylation is 2. The van der Waals surface area contributed by atoms with Crippen molar-refractivity contribution >= 4 is 34.2 Å². The SMILES string of the molecule is Cc1ncc(-c2nc(NC(=O)[C@H](C)n3cnc4c3c(=O)n(CC(F)(F)F)c(=O)n4C)cs2)cc1C(C)(F)F. The number of hydrogen-bond acceptors (Lipinski definition) is 7. The highest BCUT2D eigenvalue weighted by Crippen LogP contribution is 2.33. The Labute approximate surface area is 214 Å². The molecule has 16 heteroatoms. The van der Waals surface area contributed by atoms with Gasteiger partial charge in [0.15, 0.2) is 11.2 Å². The predicted octanol–water partition coefficient (Wildman–Crippen LogP) is 3.60. The van der Waals surface area contributed by atoms with E-state index < -0.39 is 41.8 Å². The molecule has 4 aromatic rings. The second kappa shape index (κ2) is 9.41. The van der Waals surface area contributed by atoms with Crippen LogP contribution in [0, 0.1) is 6.92 Å². The Morgan fingerprint density at radius 2 is 1.87 bits per heavy atom. The Hall–Kier alpha value is -3.95. The van der Waals surface area contributed by atoms with Crippen molar-refractivity contribution < 1.29 is 26.7 Å². The summed E-state index contributed by atoms with van der Waals surface area (Å²) in [4.78, 5) is 50.2. The smallest absolute Gasteiger partial charge is 0.312 e. The van der Waals surface area contributed by atoms with Crippen molar-refractivity contribution in [2.45, 2.75) is 45.5 Å². The van der Waals surface area contributed by atoms with Crippen molar-refractivity contribution in [3.63, 3.8) is 0 Å². The van der Waals surface area contributed by atoms with Crippen LogP contribution in [0.5, 0.6) is 0 Å². The van der Waals surface area contributed by atoms with Crippen LogP contribution in [0.15, 0.2) is 33.6 Å². The summed E-state index contributed by atoms with van der Waals surface area (Å²) in [5.41, 5.74) is -2.78. The second-order valence-electron chi connectivity index (χ2n) is 8.62. The maximum Gasteiger partial charge on any atom is 0.406 e. The fourth-order valence-electron chi connectivity index (χ4n) is 3.82. The molecule has 1 N–H and O–H groups in total. The lowest BCUT2D eigenvalue weighted by Crippen LogP contribution is -2.43. The fraction of sp³-hybridized carbons (Fsp3) is 0.364. The number of carbonyl (C=O) groups is 1. The quantitative estimate of drug-likeness (QED) is 0.362. The number of carbonyl (C=O) groups excluding carboxylic acids is 1. The number of nitrogens with zero attached hydrogens (tertiary/aromatic N) is 6. The molecule has 0 fully saturated rings. The summed E-state index contributed by atoms with van der Waals surface area (Å²) in [6.07, 6.45) is -2.38. The minimum Gasteiger partial charge on any atom is -0.312 e. The number of nitrogens with one attached hydrogen (secondary N) is 1. The molecule has 0 aliphatic rings. The lowest BCUT2D eigenvalue weighted by molar-refractivity contribution is -0.142. The van der Waals surface area contributed by atoms with Crippen LogP contribution in [0.4, 0.5) is 27.8 Å². The molecule has 0 unspecified atom stereocenters. The fourth-order valence-corrected chi connectivity index (χ4v) is 4.55. The van der Waals surface area contributed by atoms with Gasteiger partial charge in [-0.1, -0.05) is 0 Å². The topological polar surface area (TPSA) is 117 Å². The maximum absolute atomic E-state index is 13.9. The number of thiazole rings is 1. The third-order valence-corrected chi connectivity index (χ3v) is 6.65. The second-order valence-corrected chi connectivity index (χ2v) is 9.48. The summed E-state index contributed by atoms with van der Waals surface area (Å²) in [7, 11) is 1.16. The third kappa shape index (κ3) is 5.07. The number of imidazole rings is 1. The van der Waals surface area contributed by atoms with Crippen molar-refractivity contribution in [2.75, 3.05) is 5.32 Å². The highest BCUT2D eigenvalue weighted by Gasteiger charge is 2.32. The Bertz CT molecular complexity index is 1660. The van der Waals surface area contributed by atoms with Gasteiger partial charge in [-0.25, -0.2) is 28.1 Å². The van der Waals surface area contributed by atoms with Crippen molar-refractivity contribution in [2.24, 2.45) is 7.05 Å². The lowest BCUT2D eigenvalue weighted by atomic mass is 10.1. The third-order valence-electron chi connectivity index (χ3n) is 5.75. The van der Waals surface area contributed by atoms with Gasteiger partial charge >= 0.3 is 11.9 Å². The molecule has 0 saturated carbocycles. The van der Waals surface area contributed by atoms with Crippen LogP contribution < -0.4 is 16.6 Å². The molecule has 4 rings (SSSR count). The molecule has 4 heterocycles. The molecular formula is C22H20F5N7O3S. The van der Waals surface area contributed by atoms with Gasteiger partial charge in [0.2, 0.25) is 5.91 Å². The number of alkyl halides is 5. The van der Waals surface area contributed by atoms with Crippen LogP contribution in [-0.4, -0.2) is 40.7 Å². The molecule has 202 valence electrons. The summed E-state index contributed by atoms with van der Waals surface area (Å²) in [5.74, 6) is -3.73. The number of pyridine rings is 1. The zero-order valence-electron chi connectivity index (χ0n) is 20.3. The molecule has 0 spiro atoms. The van der Waals surface area contributed by atoms with Gasteiger partial charge in [0, 0.05) is 42.4 Å². The van der Waals surface area contributed by atoms with E-state index in [1.807, 2.05) is 0 Å². The van der Waals surface area contributed by atoms with Crippen molar-refractivity contribution in [3.05, 3.63) is 56.1 Å². The summed E-state index contributed by atoms with van der Waals surface area (Å²) in [5, 5.41) is 4.30. The van der Waals surface area contributed by atoms with Gasteiger partial charge in [0.1, 0.15) is 23.4 Å². The number of aromatic nitrogens is 6. The Morgan fingerprint density at radius 1 is 1.18 bits per heavy atom. The zero-order chi connectivity index (χ0) is 28.2. The van der Waals surface area contributed by atoms with Gasteiger partial charge < -0.3 is 9.88 Å². The van der Waals surface area contributed by atoms with E-state index in [9.17, 15) is 36.3 Å². The Balaban J connectivity index is 1.63. The summed E-state index contributed by atoms with van der Waals surface area (Å²) >= 11 is 1.07. The van der Waals surface area contributed by atoms with Gasteiger partial charge in [0.05, 0.1) is 6.33 Å². The molecule has 0 aliphatic heterocycles. The van der Waals surface area contributed by atoms with Gasteiger partial charge in [-0.15, -0.1) is 11.3 Å². The highest BCUT2D eigenvalue weighted by molar-refractivity contribution is 7.13. The van der Waals surface area contributed by atoms with Crippen LogP contribution in [0.3, 0.4) is 0 Å². The number of amides is 1. The van der Waals surface area contributed by atoms with Crippen molar-refractivity contribution in [3.8, 4) is 10.6 Å². The predicted molar refractivity (Wildman–Crippen MR) is 128 cm³/mol. The number of hydrogen-bond donors (Lipinski definition) is 1. The number of fused-ring (bicyclic) bond motifs is 1. The van der Waals surface area contributed by atoms with Crippen LogP contribution >= 0.6 is 11.3 Å². The largest absolute Gasteiger partial charge is 0.406 e. The van der Waals surface area contributed by atoms with E-state index in [-0.39, 0.29) is 32.8 Å². The molecule has 1 amide bonds.